The van der Waals surface area contributed by atoms with Crippen molar-refractivity contribution < 1.29 is 14.2 Å². The number of benzene rings is 1. The number of hydrogen-bond acceptors (Lipinski definition) is 4. The van der Waals surface area contributed by atoms with Gasteiger partial charge in [0.1, 0.15) is 0 Å². The van der Waals surface area contributed by atoms with Gasteiger partial charge in [0.2, 0.25) is 5.75 Å². The lowest BCUT2D eigenvalue weighted by Gasteiger charge is -2.18. The van der Waals surface area contributed by atoms with Gasteiger partial charge in [0.15, 0.2) is 11.5 Å². The number of nitriles is 1. The van der Waals surface area contributed by atoms with E-state index in [1.165, 1.54) is 0 Å². The molecule has 0 aliphatic heterocycles. The van der Waals surface area contributed by atoms with Crippen molar-refractivity contribution in [1.29, 1.82) is 5.26 Å². The summed E-state index contributed by atoms with van der Waals surface area (Å²) in [5.41, 5.74) is 0.556. The van der Waals surface area contributed by atoms with Crippen molar-refractivity contribution in [1.82, 2.24) is 0 Å². The third kappa shape index (κ3) is 3.07. The molecule has 0 fully saturated rings. The largest absolute Gasteiger partial charge is 0.493 e. The predicted molar refractivity (Wildman–Crippen MR) is 69.2 cm³/mol. The SMILES string of the molecule is COc1cc(CC(C)(C)C#N)cc(OC)c1OC. The summed E-state index contributed by atoms with van der Waals surface area (Å²) in [6, 6.07) is 6.03. The van der Waals surface area contributed by atoms with E-state index in [2.05, 4.69) is 6.07 Å². The minimum Gasteiger partial charge on any atom is -0.493 e. The van der Waals surface area contributed by atoms with Gasteiger partial charge in [-0.25, -0.2) is 0 Å². The number of hydrogen-bond donors (Lipinski definition) is 0. The molecule has 0 spiro atoms. The Kier molecular flexibility index (Phi) is 4.43. The zero-order valence-corrected chi connectivity index (χ0v) is 11.5. The van der Waals surface area contributed by atoms with E-state index in [4.69, 9.17) is 19.5 Å². The van der Waals surface area contributed by atoms with Gasteiger partial charge in [0.25, 0.3) is 0 Å². The molecule has 4 nitrogen and oxygen atoms in total. The lowest BCUT2D eigenvalue weighted by atomic mass is 9.87. The van der Waals surface area contributed by atoms with E-state index in [1.54, 1.807) is 21.3 Å². The fourth-order valence-corrected chi connectivity index (χ4v) is 1.79. The highest BCUT2D eigenvalue weighted by Gasteiger charge is 2.20. The normalized spacial score (nSPS) is 10.7. The quantitative estimate of drug-likeness (QED) is 0.805. The summed E-state index contributed by atoms with van der Waals surface area (Å²) in [5.74, 6) is 1.79. The first-order valence-corrected chi connectivity index (χ1v) is 5.67. The van der Waals surface area contributed by atoms with Crippen molar-refractivity contribution in [2.75, 3.05) is 21.3 Å². The second-order valence-corrected chi connectivity index (χ2v) is 4.71. The van der Waals surface area contributed by atoms with E-state index in [9.17, 15) is 0 Å². The lowest BCUT2D eigenvalue weighted by molar-refractivity contribution is 0.323. The molecule has 1 rings (SSSR count). The molecule has 0 atom stereocenters. The second kappa shape index (κ2) is 5.63. The minimum atomic E-state index is -0.426. The molecular weight excluding hydrogens is 230 g/mol. The van der Waals surface area contributed by atoms with Gasteiger partial charge in [-0.15, -0.1) is 0 Å². The molecule has 0 saturated heterocycles. The molecule has 1 aromatic rings. The van der Waals surface area contributed by atoms with Crippen LogP contribution in [0, 0.1) is 16.7 Å². The van der Waals surface area contributed by atoms with Crippen molar-refractivity contribution >= 4 is 0 Å². The molecule has 0 aliphatic rings. The van der Waals surface area contributed by atoms with Crippen molar-refractivity contribution in [2.24, 2.45) is 5.41 Å². The Morgan fingerprint density at radius 3 is 1.89 bits per heavy atom. The number of rotatable bonds is 5. The Labute approximate surface area is 108 Å². The fraction of sp³-hybridized carbons (Fsp3) is 0.500. The molecule has 0 heterocycles. The molecule has 0 aromatic heterocycles. The molecule has 0 unspecified atom stereocenters. The maximum absolute atomic E-state index is 9.07. The van der Waals surface area contributed by atoms with Crippen molar-refractivity contribution in [2.45, 2.75) is 20.3 Å². The van der Waals surface area contributed by atoms with Crippen LogP contribution in [0.4, 0.5) is 0 Å². The zero-order valence-electron chi connectivity index (χ0n) is 11.5. The molecule has 0 N–H and O–H groups in total. The van der Waals surface area contributed by atoms with Crippen molar-refractivity contribution in [3.63, 3.8) is 0 Å². The molecular formula is C14H19NO3. The summed E-state index contributed by atoms with van der Waals surface area (Å²) in [7, 11) is 4.73. The Morgan fingerprint density at radius 1 is 1.06 bits per heavy atom. The highest BCUT2D eigenvalue weighted by Crippen LogP contribution is 2.39. The van der Waals surface area contributed by atoms with Crippen LogP contribution in [0.2, 0.25) is 0 Å². The van der Waals surface area contributed by atoms with Crippen LogP contribution in [-0.4, -0.2) is 21.3 Å². The zero-order chi connectivity index (χ0) is 13.8. The van der Waals surface area contributed by atoms with E-state index in [1.807, 2.05) is 26.0 Å². The number of methoxy groups -OCH3 is 3. The Bertz CT molecular complexity index is 436. The summed E-state index contributed by atoms with van der Waals surface area (Å²) < 4.78 is 15.8. The van der Waals surface area contributed by atoms with E-state index in [0.29, 0.717) is 23.7 Å². The monoisotopic (exact) mass is 249 g/mol. The highest BCUT2D eigenvalue weighted by molar-refractivity contribution is 5.54. The summed E-state index contributed by atoms with van der Waals surface area (Å²) in [4.78, 5) is 0. The summed E-state index contributed by atoms with van der Waals surface area (Å²) in [6.07, 6.45) is 0.625. The van der Waals surface area contributed by atoms with Gasteiger partial charge in [-0.1, -0.05) is 0 Å². The van der Waals surface area contributed by atoms with Crippen LogP contribution in [0.1, 0.15) is 19.4 Å². The molecule has 0 bridgehead atoms. The van der Waals surface area contributed by atoms with Crippen LogP contribution < -0.4 is 14.2 Å². The summed E-state index contributed by atoms with van der Waals surface area (Å²) in [6.45, 7) is 3.80. The summed E-state index contributed by atoms with van der Waals surface area (Å²) >= 11 is 0. The van der Waals surface area contributed by atoms with Gasteiger partial charge in [-0.05, 0) is 38.0 Å². The molecule has 18 heavy (non-hydrogen) atoms. The molecule has 98 valence electrons. The molecule has 0 amide bonds. The maximum Gasteiger partial charge on any atom is 0.203 e. The Morgan fingerprint density at radius 2 is 1.56 bits per heavy atom. The van der Waals surface area contributed by atoms with Gasteiger partial charge in [-0.2, -0.15) is 5.26 Å². The summed E-state index contributed by atoms with van der Waals surface area (Å²) in [5, 5.41) is 9.07. The highest BCUT2D eigenvalue weighted by atomic mass is 16.5. The number of nitrogens with zero attached hydrogens (tertiary/aromatic N) is 1. The van der Waals surface area contributed by atoms with Crippen LogP contribution in [-0.2, 0) is 6.42 Å². The van der Waals surface area contributed by atoms with Gasteiger partial charge < -0.3 is 14.2 Å². The first-order chi connectivity index (χ1) is 8.47. The van der Waals surface area contributed by atoms with Crippen LogP contribution in [0.3, 0.4) is 0 Å². The van der Waals surface area contributed by atoms with Crippen LogP contribution in [0.5, 0.6) is 17.2 Å². The first kappa shape index (κ1) is 14.2. The fourth-order valence-electron chi connectivity index (χ4n) is 1.79. The van der Waals surface area contributed by atoms with E-state index in [-0.39, 0.29) is 0 Å². The smallest absolute Gasteiger partial charge is 0.203 e. The molecule has 4 heteroatoms. The van der Waals surface area contributed by atoms with E-state index >= 15 is 0 Å². The van der Waals surface area contributed by atoms with Gasteiger partial charge in [0, 0.05) is 0 Å². The van der Waals surface area contributed by atoms with Gasteiger partial charge in [-0.3, -0.25) is 0 Å². The average molecular weight is 249 g/mol. The van der Waals surface area contributed by atoms with E-state index in [0.717, 1.165) is 5.56 Å². The average Bonchev–Trinajstić information content (AvgIpc) is 2.37. The van der Waals surface area contributed by atoms with Crippen molar-refractivity contribution in [3.05, 3.63) is 17.7 Å². The van der Waals surface area contributed by atoms with Gasteiger partial charge >= 0.3 is 0 Å². The van der Waals surface area contributed by atoms with Crippen LogP contribution >= 0.6 is 0 Å². The Hall–Kier alpha value is -1.89. The molecule has 0 saturated carbocycles. The van der Waals surface area contributed by atoms with E-state index < -0.39 is 5.41 Å². The Balaban J connectivity index is 3.20. The molecule has 1 aromatic carbocycles. The lowest BCUT2D eigenvalue weighted by Crippen LogP contribution is -2.12. The standard InChI is InChI=1S/C14H19NO3/c1-14(2,9-15)8-10-6-11(16-3)13(18-5)12(7-10)17-4/h6-7H,8H2,1-5H3. The first-order valence-electron chi connectivity index (χ1n) is 5.67. The van der Waals surface area contributed by atoms with Crippen LogP contribution in [0.15, 0.2) is 12.1 Å². The topological polar surface area (TPSA) is 51.5 Å². The number of ether oxygens (including phenoxy) is 3. The third-order valence-electron chi connectivity index (χ3n) is 2.67. The predicted octanol–water partition coefficient (Wildman–Crippen LogP) is 2.80. The molecule has 0 radical (unpaired) electrons. The maximum atomic E-state index is 9.07. The minimum absolute atomic E-state index is 0.426. The van der Waals surface area contributed by atoms with Gasteiger partial charge in [0.05, 0.1) is 32.8 Å². The second-order valence-electron chi connectivity index (χ2n) is 4.71. The van der Waals surface area contributed by atoms with Crippen molar-refractivity contribution in [3.8, 4) is 23.3 Å². The molecule has 0 aliphatic carbocycles. The third-order valence-corrected chi connectivity index (χ3v) is 2.67. The van der Waals surface area contributed by atoms with Crippen LogP contribution in [0.25, 0.3) is 0 Å².